The molecule has 1 aromatic rings. The molecule has 1 atom stereocenters. The summed E-state index contributed by atoms with van der Waals surface area (Å²) in [6.45, 7) is 0.545. The van der Waals surface area contributed by atoms with Gasteiger partial charge in [-0.05, 0) is 43.4 Å². The molecule has 2 aliphatic rings. The Hall–Kier alpha value is -2.54. The fourth-order valence-corrected chi connectivity index (χ4v) is 3.86. The lowest BCUT2D eigenvalue weighted by atomic mass is 9.93. The maximum atomic E-state index is 12.6. The first-order valence-electron chi connectivity index (χ1n) is 9.48. The van der Waals surface area contributed by atoms with Crippen molar-refractivity contribution in [2.24, 2.45) is 0 Å². The Balaban J connectivity index is 1.90. The number of benzene rings is 1. The average molecular weight is 374 g/mol. The molecule has 0 aromatic heterocycles. The van der Waals surface area contributed by atoms with E-state index >= 15 is 0 Å². The number of hydrogen-bond acceptors (Lipinski definition) is 4. The molecule has 27 heavy (non-hydrogen) atoms. The number of quaternary nitrogens is 1. The Morgan fingerprint density at radius 2 is 2.00 bits per heavy atom. The van der Waals surface area contributed by atoms with Crippen LogP contribution in [0.5, 0.6) is 5.75 Å². The smallest absolute Gasteiger partial charge is 0.338 e. The molecule has 0 bridgehead atoms. The number of amides is 2. The molecule has 1 aromatic carbocycles. The number of nitrogens with two attached hydrogens (primary N) is 1. The zero-order valence-corrected chi connectivity index (χ0v) is 15.9. The Morgan fingerprint density at radius 3 is 2.70 bits per heavy atom. The van der Waals surface area contributed by atoms with E-state index in [1.807, 2.05) is 24.3 Å². The van der Waals surface area contributed by atoms with Gasteiger partial charge in [0.25, 0.3) is 0 Å². The van der Waals surface area contributed by atoms with Crippen LogP contribution in [0.1, 0.15) is 43.7 Å². The number of carbonyl (C=O) groups excluding carboxylic acids is 2. The molecule has 7 nitrogen and oxygen atoms in total. The molecule has 1 aliphatic carbocycles. The first kappa shape index (κ1) is 19.2. The standard InChI is InChI=1S/C20H27N3O4/c1-26-15-10-6-7-13(11-15)18-17(19(24)27-2)16(22-20(25)23-18)12-21-14-8-4-3-5-9-14/h6-7,10-11,14,18,21H,3-5,8-9,12H2,1-2H3,(H2,22,23,25)/p+1/t18-/m0/s1. The predicted molar refractivity (Wildman–Crippen MR) is 100 cm³/mol. The van der Waals surface area contributed by atoms with Crippen molar-refractivity contribution in [2.45, 2.75) is 44.2 Å². The largest absolute Gasteiger partial charge is 0.497 e. The number of methoxy groups -OCH3 is 2. The van der Waals surface area contributed by atoms with Crippen LogP contribution in [-0.4, -0.2) is 38.8 Å². The van der Waals surface area contributed by atoms with E-state index < -0.39 is 12.0 Å². The van der Waals surface area contributed by atoms with Crippen molar-refractivity contribution in [1.29, 1.82) is 0 Å². The summed E-state index contributed by atoms with van der Waals surface area (Å²) >= 11 is 0. The van der Waals surface area contributed by atoms with Gasteiger partial charge >= 0.3 is 12.0 Å². The summed E-state index contributed by atoms with van der Waals surface area (Å²) in [4.78, 5) is 24.8. The van der Waals surface area contributed by atoms with Crippen molar-refractivity contribution in [2.75, 3.05) is 20.8 Å². The molecule has 0 unspecified atom stereocenters. The summed E-state index contributed by atoms with van der Waals surface area (Å²) in [7, 11) is 2.94. The van der Waals surface area contributed by atoms with Crippen LogP contribution in [0.4, 0.5) is 4.79 Å². The number of nitrogens with one attached hydrogen (secondary N) is 2. The summed E-state index contributed by atoms with van der Waals surface area (Å²) in [5.74, 6) is 0.224. The normalized spacial score (nSPS) is 20.7. The van der Waals surface area contributed by atoms with Crippen LogP contribution in [0, 0.1) is 0 Å². The van der Waals surface area contributed by atoms with Gasteiger partial charge in [-0.3, -0.25) is 0 Å². The fourth-order valence-electron chi connectivity index (χ4n) is 3.86. The monoisotopic (exact) mass is 374 g/mol. The van der Waals surface area contributed by atoms with Gasteiger partial charge in [-0.2, -0.15) is 0 Å². The van der Waals surface area contributed by atoms with Gasteiger partial charge in [0.2, 0.25) is 0 Å². The molecule has 1 fully saturated rings. The van der Waals surface area contributed by atoms with Crippen molar-refractivity contribution in [3.8, 4) is 5.75 Å². The average Bonchev–Trinajstić information content (AvgIpc) is 2.72. The minimum atomic E-state index is -0.573. The maximum Gasteiger partial charge on any atom is 0.338 e. The molecule has 3 rings (SSSR count). The van der Waals surface area contributed by atoms with Crippen LogP contribution in [-0.2, 0) is 9.53 Å². The van der Waals surface area contributed by atoms with Crippen LogP contribution in [0.3, 0.4) is 0 Å². The second kappa shape index (κ2) is 8.90. The second-order valence-electron chi connectivity index (χ2n) is 7.03. The zero-order chi connectivity index (χ0) is 19.2. The Labute approximate surface area is 159 Å². The topological polar surface area (TPSA) is 93.3 Å². The van der Waals surface area contributed by atoms with Crippen LogP contribution >= 0.6 is 0 Å². The van der Waals surface area contributed by atoms with E-state index in [2.05, 4.69) is 16.0 Å². The summed E-state index contributed by atoms with van der Waals surface area (Å²) in [6, 6.07) is 6.99. The van der Waals surface area contributed by atoms with Gasteiger partial charge < -0.3 is 25.4 Å². The number of urea groups is 1. The van der Waals surface area contributed by atoms with E-state index in [4.69, 9.17) is 9.47 Å². The van der Waals surface area contributed by atoms with Crippen molar-refractivity contribution in [3.63, 3.8) is 0 Å². The van der Waals surface area contributed by atoms with Gasteiger partial charge in [0.1, 0.15) is 12.3 Å². The Morgan fingerprint density at radius 1 is 1.22 bits per heavy atom. The van der Waals surface area contributed by atoms with Gasteiger partial charge in [-0.1, -0.05) is 18.6 Å². The summed E-state index contributed by atoms with van der Waals surface area (Å²) in [6.07, 6.45) is 6.12. The first-order chi connectivity index (χ1) is 13.1. The highest BCUT2D eigenvalue weighted by atomic mass is 16.5. The third kappa shape index (κ3) is 4.60. The molecule has 0 spiro atoms. The third-order valence-corrected chi connectivity index (χ3v) is 5.29. The minimum absolute atomic E-state index is 0.317. The third-order valence-electron chi connectivity index (χ3n) is 5.29. The molecule has 1 heterocycles. The van der Waals surface area contributed by atoms with Crippen LogP contribution < -0.4 is 20.7 Å². The molecule has 1 aliphatic heterocycles. The Bertz CT molecular complexity index is 726. The lowest BCUT2D eigenvalue weighted by Crippen LogP contribution is -2.91. The van der Waals surface area contributed by atoms with Gasteiger partial charge in [0.15, 0.2) is 0 Å². The number of esters is 1. The highest BCUT2D eigenvalue weighted by Crippen LogP contribution is 2.29. The van der Waals surface area contributed by atoms with Crippen LogP contribution in [0.2, 0.25) is 0 Å². The van der Waals surface area contributed by atoms with Crippen molar-refractivity contribution < 1.29 is 24.4 Å². The van der Waals surface area contributed by atoms with Crippen LogP contribution in [0.15, 0.2) is 35.5 Å². The molecule has 4 N–H and O–H groups in total. The van der Waals surface area contributed by atoms with Gasteiger partial charge in [-0.25, -0.2) is 9.59 Å². The molecule has 7 heteroatoms. The van der Waals surface area contributed by atoms with Crippen LogP contribution in [0.25, 0.3) is 0 Å². The summed E-state index contributed by atoms with van der Waals surface area (Å²) < 4.78 is 10.3. The fraction of sp³-hybridized carbons (Fsp3) is 0.500. The van der Waals surface area contributed by atoms with Gasteiger partial charge in [-0.15, -0.1) is 0 Å². The van der Waals surface area contributed by atoms with Gasteiger partial charge in [0.05, 0.1) is 37.6 Å². The van der Waals surface area contributed by atoms with Crippen molar-refractivity contribution in [3.05, 3.63) is 41.1 Å². The van der Waals surface area contributed by atoms with E-state index in [1.165, 1.54) is 39.2 Å². The van der Waals surface area contributed by atoms with Crippen molar-refractivity contribution in [1.82, 2.24) is 10.6 Å². The van der Waals surface area contributed by atoms with E-state index in [0.717, 1.165) is 5.56 Å². The van der Waals surface area contributed by atoms with E-state index in [9.17, 15) is 9.59 Å². The lowest BCUT2D eigenvalue weighted by Gasteiger charge is -2.29. The van der Waals surface area contributed by atoms with E-state index in [1.54, 1.807) is 7.11 Å². The number of hydrogen-bond donors (Lipinski definition) is 3. The molecule has 2 amide bonds. The molecule has 0 saturated heterocycles. The van der Waals surface area contributed by atoms with Crippen molar-refractivity contribution >= 4 is 12.0 Å². The lowest BCUT2D eigenvalue weighted by molar-refractivity contribution is -0.685. The summed E-state index contributed by atoms with van der Waals surface area (Å²) in [5.41, 5.74) is 1.83. The SMILES string of the molecule is COC(=O)C1=C(C[NH2+]C2CCCCC2)NC(=O)N[C@H]1c1cccc(OC)c1. The number of carbonyl (C=O) groups is 2. The quantitative estimate of drug-likeness (QED) is 0.656. The predicted octanol–water partition coefficient (Wildman–Crippen LogP) is 1.37. The molecule has 1 saturated carbocycles. The highest BCUT2D eigenvalue weighted by Gasteiger charge is 2.34. The Kier molecular flexibility index (Phi) is 6.34. The second-order valence-corrected chi connectivity index (χ2v) is 7.03. The molecular formula is C20H28N3O4+. The number of rotatable bonds is 6. The van der Waals surface area contributed by atoms with E-state index in [0.29, 0.717) is 29.6 Å². The van der Waals surface area contributed by atoms with Gasteiger partial charge in [0, 0.05) is 0 Å². The molecular weight excluding hydrogens is 346 g/mol. The minimum Gasteiger partial charge on any atom is -0.497 e. The molecule has 146 valence electrons. The molecule has 0 radical (unpaired) electrons. The zero-order valence-electron chi connectivity index (χ0n) is 15.9. The highest BCUT2D eigenvalue weighted by molar-refractivity contribution is 5.95. The maximum absolute atomic E-state index is 12.6. The summed E-state index contributed by atoms with van der Waals surface area (Å²) in [5, 5.41) is 7.88. The van der Waals surface area contributed by atoms with E-state index in [-0.39, 0.29) is 6.03 Å². The number of ether oxygens (including phenoxy) is 2. The first-order valence-corrected chi connectivity index (χ1v) is 9.48.